The van der Waals surface area contributed by atoms with Crippen molar-refractivity contribution in [3.63, 3.8) is 0 Å². The van der Waals surface area contributed by atoms with Gasteiger partial charge in [-0.3, -0.25) is 0 Å². The number of aromatic nitrogens is 2. The molecule has 0 aliphatic carbocycles. The monoisotopic (exact) mass is 412 g/mol. The van der Waals surface area contributed by atoms with Crippen LogP contribution in [-0.2, 0) is 11.3 Å². The second-order valence-corrected chi connectivity index (χ2v) is 6.88. The van der Waals surface area contributed by atoms with Crippen molar-refractivity contribution in [1.82, 2.24) is 14.9 Å². The quantitative estimate of drug-likeness (QED) is 0.552. The lowest BCUT2D eigenvalue weighted by molar-refractivity contribution is 0.152. The van der Waals surface area contributed by atoms with Crippen molar-refractivity contribution in [1.29, 1.82) is 0 Å². The molecular weight excluding hydrogens is 384 g/mol. The molecule has 1 aliphatic heterocycles. The van der Waals surface area contributed by atoms with Crippen molar-refractivity contribution in [2.24, 2.45) is 10.2 Å². The summed E-state index contributed by atoms with van der Waals surface area (Å²) >= 11 is 0. The van der Waals surface area contributed by atoms with E-state index in [1.165, 1.54) is 5.56 Å². The van der Waals surface area contributed by atoms with Crippen molar-refractivity contribution in [2.45, 2.75) is 27.3 Å². The number of hydrogen-bond acceptors (Lipinski definition) is 8. The smallest absolute Gasteiger partial charge is 0.410 e. The molecule has 0 saturated carbocycles. The molecule has 9 nitrogen and oxygen atoms in total. The number of ether oxygens (including phenoxy) is 2. The van der Waals surface area contributed by atoms with Gasteiger partial charge in [-0.05, 0) is 26.3 Å². The van der Waals surface area contributed by atoms with Gasteiger partial charge in [-0.25, -0.2) is 4.79 Å². The minimum atomic E-state index is -0.318. The number of amides is 1. The van der Waals surface area contributed by atoms with E-state index in [0.717, 1.165) is 24.5 Å². The highest BCUT2D eigenvalue weighted by Crippen LogP contribution is 2.22. The summed E-state index contributed by atoms with van der Waals surface area (Å²) < 4.78 is 10.6. The Hall–Kier alpha value is -3.23. The van der Waals surface area contributed by atoms with Crippen LogP contribution in [0.3, 0.4) is 0 Å². The molecule has 1 aliphatic rings. The highest BCUT2D eigenvalue weighted by molar-refractivity contribution is 5.69. The molecule has 2 heterocycles. The van der Waals surface area contributed by atoms with E-state index in [1.807, 2.05) is 25.1 Å². The van der Waals surface area contributed by atoms with Gasteiger partial charge in [0.05, 0.1) is 19.6 Å². The molecule has 0 unspecified atom stereocenters. The first-order valence-corrected chi connectivity index (χ1v) is 10.2. The zero-order chi connectivity index (χ0) is 21.3. The third-order valence-corrected chi connectivity index (χ3v) is 4.71. The Balaban J connectivity index is 1.70. The first kappa shape index (κ1) is 21.5. The van der Waals surface area contributed by atoms with Gasteiger partial charge in [0, 0.05) is 19.2 Å². The molecule has 1 aromatic carbocycles. The Morgan fingerprint density at radius 2 is 2.07 bits per heavy atom. The van der Waals surface area contributed by atoms with Gasteiger partial charge in [-0.2, -0.15) is 15.1 Å². The van der Waals surface area contributed by atoms with Gasteiger partial charge in [-0.1, -0.05) is 29.8 Å². The summed E-state index contributed by atoms with van der Waals surface area (Å²) in [5.74, 6) is 1.17. The van der Waals surface area contributed by atoms with Crippen molar-refractivity contribution < 1.29 is 14.3 Å². The second-order valence-electron chi connectivity index (χ2n) is 6.88. The summed E-state index contributed by atoms with van der Waals surface area (Å²) in [4.78, 5) is 24.1. The highest BCUT2D eigenvalue weighted by Gasteiger charge is 2.21. The highest BCUT2D eigenvalue weighted by atomic mass is 16.6. The van der Waals surface area contributed by atoms with Crippen LogP contribution in [0.1, 0.15) is 25.0 Å². The summed E-state index contributed by atoms with van der Waals surface area (Å²) in [6, 6.07) is 10.2. The molecule has 0 spiro atoms. The van der Waals surface area contributed by atoms with Crippen molar-refractivity contribution in [2.75, 3.05) is 44.3 Å². The number of aryl methyl sites for hydroxylation is 1. The molecule has 160 valence electrons. The number of benzene rings is 1. The maximum Gasteiger partial charge on any atom is 0.410 e. The molecule has 2 aromatic rings. The number of cyclic esters (lactones) is 1. The lowest BCUT2D eigenvalue weighted by Crippen LogP contribution is -2.29. The van der Waals surface area contributed by atoms with Gasteiger partial charge in [0.1, 0.15) is 19.0 Å². The Bertz CT molecular complexity index is 885. The van der Waals surface area contributed by atoms with Crippen LogP contribution in [0.4, 0.5) is 16.4 Å². The normalized spacial score (nSPS) is 13.7. The van der Waals surface area contributed by atoms with Crippen molar-refractivity contribution in [3.05, 3.63) is 41.5 Å². The molecule has 1 aromatic heterocycles. The fourth-order valence-corrected chi connectivity index (χ4v) is 3.10. The predicted octanol–water partition coefficient (Wildman–Crippen LogP) is 3.75. The molecule has 0 N–H and O–H groups in total. The molecular formula is C21H28N6O3. The summed E-state index contributed by atoms with van der Waals surface area (Å²) in [5.41, 5.74) is 2.27. The van der Waals surface area contributed by atoms with E-state index in [0.29, 0.717) is 32.1 Å². The Morgan fingerprint density at radius 3 is 2.77 bits per heavy atom. The van der Waals surface area contributed by atoms with Crippen LogP contribution in [0.2, 0.25) is 0 Å². The van der Waals surface area contributed by atoms with E-state index in [9.17, 15) is 4.79 Å². The minimum absolute atomic E-state index is 0.219. The molecule has 3 rings (SSSR count). The summed E-state index contributed by atoms with van der Waals surface area (Å²) in [6.07, 6.45) is -0.318. The van der Waals surface area contributed by atoms with Gasteiger partial charge in [-0.15, -0.1) is 5.11 Å². The van der Waals surface area contributed by atoms with Crippen LogP contribution in [0, 0.1) is 6.92 Å². The Kier molecular flexibility index (Phi) is 7.53. The number of anilines is 1. The fraction of sp³-hybridized carbons (Fsp3) is 0.476. The molecule has 0 radical (unpaired) electrons. The van der Waals surface area contributed by atoms with E-state index in [-0.39, 0.29) is 18.7 Å². The maximum absolute atomic E-state index is 11.5. The number of azo groups is 1. The minimum Gasteiger partial charge on any atom is -0.461 e. The van der Waals surface area contributed by atoms with Crippen LogP contribution in [0.25, 0.3) is 0 Å². The van der Waals surface area contributed by atoms with E-state index in [2.05, 4.69) is 45.0 Å². The van der Waals surface area contributed by atoms with Crippen molar-refractivity contribution >= 4 is 17.7 Å². The van der Waals surface area contributed by atoms with E-state index in [4.69, 9.17) is 9.47 Å². The van der Waals surface area contributed by atoms with E-state index in [1.54, 1.807) is 11.0 Å². The molecule has 9 heteroatoms. The van der Waals surface area contributed by atoms with Gasteiger partial charge in [0.15, 0.2) is 5.82 Å². The predicted molar refractivity (Wildman–Crippen MR) is 113 cm³/mol. The number of carbonyl (C=O) groups is 1. The standard InChI is InChI=1S/C21H28N6O3/c1-4-26(5-2)19-14-18(25-22-15-17-8-6-7-16(3)13-17)23-20(24-19)29-11-9-27-10-12-30-21(27)28/h6-8,13-14H,4-5,9-12,15H2,1-3H3. The number of carbonyl (C=O) groups excluding carboxylic acids is 1. The van der Waals surface area contributed by atoms with Gasteiger partial charge >= 0.3 is 12.1 Å². The first-order chi connectivity index (χ1) is 14.6. The molecule has 0 atom stereocenters. The van der Waals surface area contributed by atoms with Gasteiger partial charge < -0.3 is 19.3 Å². The zero-order valence-electron chi connectivity index (χ0n) is 17.7. The summed E-state index contributed by atoms with van der Waals surface area (Å²) in [5, 5.41) is 8.57. The van der Waals surface area contributed by atoms with Gasteiger partial charge in [0.2, 0.25) is 0 Å². The second kappa shape index (κ2) is 10.5. The molecule has 30 heavy (non-hydrogen) atoms. The summed E-state index contributed by atoms with van der Waals surface area (Å²) in [7, 11) is 0. The van der Waals surface area contributed by atoms with E-state index >= 15 is 0 Å². The van der Waals surface area contributed by atoms with Crippen LogP contribution in [0.5, 0.6) is 6.01 Å². The van der Waals surface area contributed by atoms with Crippen molar-refractivity contribution in [3.8, 4) is 6.01 Å². The number of nitrogens with zero attached hydrogens (tertiary/aromatic N) is 6. The Morgan fingerprint density at radius 1 is 1.23 bits per heavy atom. The zero-order valence-corrected chi connectivity index (χ0v) is 17.7. The molecule has 1 amide bonds. The van der Waals surface area contributed by atoms with Crippen LogP contribution in [-0.4, -0.2) is 60.4 Å². The van der Waals surface area contributed by atoms with Gasteiger partial charge in [0.25, 0.3) is 0 Å². The van der Waals surface area contributed by atoms with Crippen LogP contribution < -0.4 is 9.64 Å². The lowest BCUT2D eigenvalue weighted by Gasteiger charge is -2.20. The maximum atomic E-state index is 11.5. The number of hydrogen-bond donors (Lipinski definition) is 0. The van der Waals surface area contributed by atoms with Crippen LogP contribution in [0.15, 0.2) is 40.6 Å². The Labute approximate surface area is 176 Å². The third-order valence-electron chi connectivity index (χ3n) is 4.71. The largest absolute Gasteiger partial charge is 0.461 e. The fourth-order valence-electron chi connectivity index (χ4n) is 3.10. The topological polar surface area (TPSA) is 92.5 Å². The average Bonchev–Trinajstić information content (AvgIpc) is 3.14. The SMILES string of the molecule is CCN(CC)c1cc(N=NCc2cccc(C)c2)nc(OCCN2CCOC2=O)n1. The average molecular weight is 412 g/mol. The molecule has 0 bridgehead atoms. The van der Waals surface area contributed by atoms with Crippen LogP contribution >= 0.6 is 0 Å². The van der Waals surface area contributed by atoms with E-state index < -0.39 is 0 Å². The molecule has 1 fully saturated rings. The molecule has 1 saturated heterocycles. The lowest BCUT2D eigenvalue weighted by atomic mass is 10.1. The number of rotatable bonds is 10. The first-order valence-electron chi connectivity index (χ1n) is 10.2. The third kappa shape index (κ3) is 5.88. The summed E-state index contributed by atoms with van der Waals surface area (Å²) in [6.45, 7) is 9.91.